The number of carbonyl (C=O) groups is 1. The molecule has 1 amide bonds. The summed E-state index contributed by atoms with van der Waals surface area (Å²) in [7, 11) is 0. The van der Waals surface area contributed by atoms with Crippen molar-refractivity contribution in [2.75, 3.05) is 0 Å². The number of aromatic nitrogens is 5. The van der Waals surface area contributed by atoms with Crippen LogP contribution in [-0.4, -0.2) is 30.2 Å². The van der Waals surface area contributed by atoms with E-state index in [1.807, 2.05) is 89.6 Å². The van der Waals surface area contributed by atoms with E-state index in [0.717, 1.165) is 27.9 Å². The average molecular weight is 486 g/mol. The fraction of sp³-hybridized carbons (Fsp3) is 0.0690. The minimum atomic E-state index is -0.295. The summed E-state index contributed by atoms with van der Waals surface area (Å²) in [6.07, 6.45) is 7.01. The highest BCUT2D eigenvalue weighted by molar-refractivity contribution is 6.06. The second kappa shape index (κ2) is 9.60. The monoisotopic (exact) mass is 485 g/mol. The summed E-state index contributed by atoms with van der Waals surface area (Å²) in [4.78, 5) is 31.3. The van der Waals surface area contributed by atoms with Crippen molar-refractivity contribution in [2.45, 2.75) is 13.1 Å². The number of benzene rings is 2. The van der Waals surface area contributed by atoms with Crippen LogP contribution in [0.1, 0.15) is 21.7 Å². The Hall–Kier alpha value is -4.95. The number of carbonyl (C=O) groups excluding carboxylic acids is 1. The van der Waals surface area contributed by atoms with Gasteiger partial charge in [0, 0.05) is 47.8 Å². The fourth-order valence-corrected chi connectivity index (χ4v) is 4.35. The van der Waals surface area contributed by atoms with Crippen molar-refractivity contribution < 1.29 is 4.79 Å². The summed E-state index contributed by atoms with van der Waals surface area (Å²) in [5.74, 6) is 0.287. The molecule has 4 aromatic heterocycles. The Morgan fingerprint density at radius 1 is 0.892 bits per heavy atom. The van der Waals surface area contributed by atoms with Crippen LogP contribution in [0.3, 0.4) is 0 Å². The van der Waals surface area contributed by atoms with Gasteiger partial charge < -0.3 is 11.1 Å². The Labute approximate surface area is 212 Å². The largest absolute Gasteiger partial charge is 0.345 e. The molecule has 6 aromatic rings. The van der Waals surface area contributed by atoms with Gasteiger partial charge in [-0.15, -0.1) is 0 Å². The first-order valence-corrected chi connectivity index (χ1v) is 11.9. The molecule has 8 nitrogen and oxygen atoms in total. The SMILES string of the molecule is NCc1ccc(-c2nc3ccnc(C(=O)NCc4cn5cccnc5n4)c3cc2-c2ccccc2)cc1. The van der Waals surface area contributed by atoms with Gasteiger partial charge in [0.2, 0.25) is 5.78 Å². The third-order valence-corrected chi connectivity index (χ3v) is 6.22. The van der Waals surface area contributed by atoms with E-state index in [0.29, 0.717) is 34.6 Å². The number of nitrogens with one attached hydrogen (secondary N) is 1. The van der Waals surface area contributed by atoms with E-state index in [9.17, 15) is 4.79 Å². The van der Waals surface area contributed by atoms with Crippen molar-refractivity contribution in [3.63, 3.8) is 0 Å². The van der Waals surface area contributed by atoms with Crippen LogP contribution in [0.15, 0.2) is 97.6 Å². The third kappa shape index (κ3) is 4.41. The number of rotatable bonds is 6. The van der Waals surface area contributed by atoms with Crippen molar-refractivity contribution in [2.24, 2.45) is 5.73 Å². The van der Waals surface area contributed by atoms with Crippen LogP contribution in [0, 0.1) is 0 Å². The summed E-state index contributed by atoms with van der Waals surface area (Å²) in [6, 6.07) is 23.8. The predicted molar refractivity (Wildman–Crippen MR) is 142 cm³/mol. The van der Waals surface area contributed by atoms with Crippen molar-refractivity contribution in [3.8, 4) is 22.4 Å². The maximum absolute atomic E-state index is 13.3. The Balaban J connectivity index is 1.40. The molecule has 0 unspecified atom stereocenters. The first-order valence-electron chi connectivity index (χ1n) is 11.9. The molecule has 4 heterocycles. The molecule has 3 N–H and O–H groups in total. The first-order chi connectivity index (χ1) is 18.2. The number of nitrogens with zero attached hydrogens (tertiary/aromatic N) is 5. The maximum Gasteiger partial charge on any atom is 0.270 e. The summed E-state index contributed by atoms with van der Waals surface area (Å²) >= 11 is 0. The summed E-state index contributed by atoms with van der Waals surface area (Å²) in [5.41, 5.74) is 12.3. The molecule has 0 saturated heterocycles. The quantitative estimate of drug-likeness (QED) is 0.362. The second-order valence-electron chi connectivity index (χ2n) is 8.62. The van der Waals surface area contributed by atoms with E-state index >= 15 is 0 Å². The predicted octanol–water partition coefficient (Wildman–Crippen LogP) is 4.40. The number of nitrogens with two attached hydrogens (primary N) is 1. The molecule has 0 atom stereocenters. The number of pyridine rings is 2. The topological polar surface area (TPSA) is 111 Å². The van der Waals surface area contributed by atoms with E-state index < -0.39 is 0 Å². The van der Waals surface area contributed by atoms with Crippen molar-refractivity contribution >= 4 is 22.6 Å². The Morgan fingerprint density at radius 3 is 2.51 bits per heavy atom. The Kier molecular flexibility index (Phi) is 5.84. The van der Waals surface area contributed by atoms with Gasteiger partial charge in [-0.1, -0.05) is 54.6 Å². The maximum atomic E-state index is 13.3. The number of amides is 1. The van der Waals surface area contributed by atoms with Crippen LogP contribution in [0.5, 0.6) is 0 Å². The lowest BCUT2D eigenvalue weighted by molar-refractivity contribution is 0.0947. The normalized spacial score (nSPS) is 11.2. The van der Waals surface area contributed by atoms with Gasteiger partial charge in [0.15, 0.2) is 0 Å². The number of hydrogen-bond donors (Lipinski definition) is 2. The highest BCUT2D eigenvalue weighted by Crippen LogP contribution is 2.34. The minimum absolute atomic E-state index is 0.255. The molecule has 0 aliphatic carbocycles. The molecule has 180 valence electrons. The first kappa shape index (κ1) is 22.5. The van der Waals surface area contributed by atoms with Gasteiger partial charge in [0.05, 0.1) is 23.4 Å². The van der Waals surface area contributed by atoms with Gasteiger partial charge in [0.1, 0.15) is 5.69 Å². The average Bonchev–Trinajstić information content (AvgIpc) is 3.38. The van der Waals surface area contributed by atoms with Gasteiger partial charge in [-0.2, -0.15) is 0 Å². The van der Waals surface area contributed by atoms with Crippen LogP contribution in [0.2, 0.25) is 0 Å². The number of hydrogen-bond acceptors (Lipinski definition) is 6. The van der Waals surface area contributed by atoms with Gasteiger partial charge in [-0.25, -0.2) is 15.0 Å². The summed E-state index contributed by atoms with van der Waals surface area (Å²) in [6.45, 7) is 0.734. The summed E-state index contributed by atoms with van der Waals surface area (Å²) < 4.78 is 1.81. The van der Waals surface area contributed by atoms with Gasteiger partial charge in [-0.3, -0.25) is 14.2 Å². The van der Waals surface area contributed by atoms with Gasteiger partial charge in [0.25, 0.3) is 5.91 Å². The molecule has 0 bridgehead atoms. The smallest absolute Gasteiger partial charge is 0.270 e. The molecule has 0 aliphatic rings. The zero-order valence-corrected chi connectivity index (χ0v) is 19.9. The molecule has 6 rings (SSSR count). The second-order valence-corrected chi connectivity index (χ2v) is 8.62. The van der Waals surface area contributed by atoms with Crippen molar-refractivity contribution in [1.29, 1.82) is 0 Å². The number of fused-ring (bicyclic) bond motifs is 2. The standard InChI is InChI=1S/C29H23N7O/c30-16-19-7-9-21(10-8-19)26-23(20-5-2-1-3-6-20)15-24-25(35-26)11-13-31-27(24)28(37)33-17-22-18-36-14-4-12-32-29(36)34-22/h1-15,18H,16-17,30H2,(H,33,37). The minimum Gasteiger partial charge on any atom is -0.345 e. The molecule has 37 heavy (non-hydrogen) atoms. The van der Waals surface area contributed by atoms with Crippen LogP contribution in [0.4, 0.5) is 0 Å². The molecule has 0 radical (unpaired) electrons. The van der Waals surface area contributed by atoms with Crippen LogP contribution < -0.4 is 11.1 Å². The lowest BCUT2D eigenvalue weighted by Crippen LogP contribution is -2.24. The third-order valence-electron chi connectivity index (χ3n) is 6.22. The van der Waals surface area contributed by atoms with E-state index in [4.69, 9.17) is 10.7 Å². The van der Waals surface area contributed by atoms with Crippen molar-refractivity contribution in [1.82, 2.24) is 29.7 Å². The molecule has 8 heteroatoms. The molecule has 2 aromatic carbocycles. The molecule has 0 fully saturated rings. The van der Waals surface area contributed by atoms with Crippen LogP contribution in [-0.2, 0) is 13.1 Å². The van der Waals surface area contributed by atoms with Gasteiger partial charge >= 0.3 is 0 Å². The van der Waals surface area contributed by atoms with E-state index in [1.165, 1.54) is 0 Å². The van der Waals surface area contributed by atoms with E-state index in [2.05, 4.69) is 20.3 Å². The highest BCUT2D eigenvalue weighted by Gasteiger charge is 2.17. The van der Waals surface area contributed by atoms with Crippen molar-refractivity contribution in [3.05, 3.63) is 115 Å². The lowest BCUT2D eigenvalue weighted by atomic mass is 9.96. The molecule has 0 saturated carbocycles. The van der Waals surface area contributed by atoms with E-state index in [-0.39, 0.29) is 12.5 Å². The fourth-order valence-electron chi connectivity index (χ4n) is 4.35. The van der Waals surface area contributed by atoms with E-state index in [1.54, 1.807) is 12.4 Å². The summed E-state index contributed by atoms with van der Waals surface area (Å²) in [5, 5.41) is 3.62. The molecule has 0 spiro atoms. The Bertz CT molecular complexity index is 1690. The Morgan fingerprint density at radius 2 is 1.73 bits per heavy atom. The van der Waals surface area contributed by atoms with Crippen LogP contribution >= 0.6 is 0 Å². The molecular formula is C29H23N7O. The van der Waals surface area contributed by atoms with Gasteiger partial charge in [-0.05, 0) is 29.3 Å². The number of imidazole rings is 1. The zero-order chi connectivity index (χ0) is 25.2. The molecular weight excluding hydrogens is 462 g/mol. The van der Waals surface area contributed by atoms with Crippen LogP contribution in [0.25, 0.3) is 39.1 Å². The lowest BCUT2D eigenvalue weighted by Gasteiger charge is -2.13. The molecule has 0 aliphatic heterocycles. The highest BCUT2D eigenvalue weighted by atomic mass is 16.1. The zero-order valence-electron chi connectivity index (χ0n) is 19.9.